The highest BCUT2D eigenvalue weighted by Crippen LogP contribution is 2.08. The van der Waals surface area contributed by atoms with Crippen molar-refractivity contribution in [2.45, 2.75) is 20.3 Å². The van der Waals surface area contributed by atoms with Crippen LogP contribution >= 0.6 is 0 Å². The molecule has 0 aliphatic carbocycles. The van der Waals surface area contributed by atoms with Gasteiger partial charge in [-0.3, -0.25) is 4.79 Å². The first kappa shape index (κ1) is 13.3. The van der Waals surface area contributed by atoms with E-state index in [1.165, 1.54) is 5.56 Å². The molecule has 2 aromatic rings. The number of hydrogen-bond donors (Lipinski definition) is 0. The number of aromatic nitrogens is 1. The predicted molar refractivity (Wildman–Crippen MR) is 73.0 cm³/mol. The molecule has 0 saturated heterocycles. The summed E-state index contributed by atoms with van der Waals surface area (Å²) in [6.07, 6.45) is 0.844. The van der Waals surface area contributed by atoms with Gasteiger partial charge in [0, 0.05) is 19.2 Å². The Morgan fingerprint density at radius 1 is 1.32 bits per heavy atom. The van der Waals surface area contributed by atoms with E-state index in [4.69, 9.17) is 4.52 Å². The molecule has 1 amide bonds. The van der Waals surface area contributed by atoms with Crippen LogP contribution in [-0.2, 0) is 6.42 Å². The molecule has 19 heavy (non-hydrogen) atoms. The second kappa shape index (κ2) is 6.18. The molecule has 4 heteroatoms. The maximum atomic E-state index is 12.2. The lowest BCUT2D eigenvalue weighted by Gasteiger charge is -2.19. The number of carbonyl (C=O) groups excluding carboxylic acids is 1. The summed E-state index contributed by atoms with van der Waals surface area (Å²) in [5.74, 6) is 0.581. The molecule has 0 unspecified atom stereocenters. The molecule has 0 atom stereocenters. The standard InChI is InChI=1S/C15H18N2O2/c1-3-17(10-9-13-7-5-4-6-8-13)15(18)14-11-12(2)19-16-14/h4-8,11H,3,9-10H2,1-2H3. The molecule has 1 aromatic heterocycles. The fourth-order valence-corrected chi connectivity index (χ4v) is 1.94. The number of hydrogen-bond acceptors (Lipinski definition) is 3. The van der Waals surface area contributed by atoms with Crippen LogP contribution < -0.4 is 0 Å². The zero-order valence-electron chi connectivity index (χ0n) is 11.3. The molecule has 0 bridgehead atoms. The smallest absolute Gasteiger partial charge is 0.276 e. The van der Waals surface area contributed by atoms with Gasteiger partial charge in [-0.15, -0.1) is 0 Å². The number of carbonyl (C=O) groups is 1. The van der Waals surface area contributed by atoms with Gasteiger partial charge in [0.2, 0.25) is 0 Å². The van der Waals surface area contributed by atoms with Gasteiger partial charge in [-0.2, -0.15) is 0 Å². The van der Waals surface area contributed by atoms with Crippen molar-refractivity contribution >= 4 is 5.91 Å². The average Bonchev–Trinajstić information content (AvgIpc) is 2.87. The molecular formula is C15H18N2O2. The van der Waals surface area contributed by atoms with Crippen molar-refractivity contribution < 1.29 is 9.32 Å². The van der Waals surface area contributed by atoms with Crippen LogP contribution in [0.1, 0.15) is 28.7 Å². The summed E-state index contributed by atoms with van der Waals surface area (Å²) < 4.78 is 4.95. The van der Waals surface area contributed by atoms with E-state index in [-0.39, 0.29) is 5.91 Å². The molecule has 0 aliphatic heterocycles. The second-order valence-corrected chi connectivity index (χ2v) is 4.44. The number of nitrogens with zero attached hydrogens (tertiary/aromatic N) is 2. The highest BCUT2D eigenvalue weighted by Gasteiger charge is 2.17. The van der Waals surface area contributed by atoms with Crippen molar-refractivity contribution in [1.82, 2.24) is 10.1 Å². The quantitative estimate of drug-likeness (QED) is 0.828. The largest absolute Gasteiger partial charge is 0.361 e. The molecule has 2 rings (SSSR count). The Morgan fingerprint density at radius 2 is 2.05 bits per heavy atom. The lowest BCUT2D eigenvalue weighted by Crippen LogP contribution is -2.32. The lowest BCUT2D eigenvalue weighted by molar-refractivity contribution is 0.0755. The number of aryl methyl sites for hydroxylation is 1. The van der Waals surface area contributed by atoms with Crippen LogP contribution in [0.2, 0.25) is 0 Å². The van der Waals surface area contributed by atoms with Crippen LogP contribution in [-0.4, -0.2) is 29.1 Å². The maximum absolute atomic E-state index is 12.2. The first-order valence-electron chi connectivity index (χ1n) is 6.47. The topological polar surface area (TPSA) is 46.3 Å². The normalized spacial score (nSPS) is 10.4. The minimum Gasteiger partial charge on any atom is -0.361 e. The van der Waals surface area contributed by atoms with Crippen molar-refractivity contribution in [1.29, 1.82) is 0 Å². The summed E-state index contributed by atoms with van der Waals surface area (Å²) in [6.45, 7) is 5.10. The van der Waals surface area contributed by atoms with Gasteiger partial charge in [-0.1, -0.05) is 35.5 Å². The molecule has 0 spiro atoms. The Hall–Kier alpha value is -2.10. The fraction of sp³-hybridized carbons (Fsp3) is 0.333. The van der Waals surface area contributed by atoms with Crippen LogP contribution in [0.4, 0.5) is 0 Å². The Bertz CT molecular complexity index is 534. The number of benzene rings is 1. The van der Waals surface area contributed by atoms with Gasteiger partial charge in [0.25, 0.3) is 5.91 Å². The maximum Gasteiger partial charge on any atom is 0.276 e. The molecule has 1 heterocycles. The summed E-state index contributed by atoms with van der Waals surface area (Å²) in [6, 6.07) is 11.8. The second-order valence-electron chi connectivity index (χ2n) is 4.44. The van der Waals surface area contributed by atoms with Gasteiger partial charge in [-0.25, -0.2) is 0 Å². The first-order valence-corrected chi connectivity index (χ1v) is 6.47. The fourth-order valence-electron chi connectivity index (χ4n) is 1.94. The Labute approximate surface area is 113 Å². The van der Waals surface area contributed by atoms with Gasteiger partial charge >= 0.3 is 0 Å². The van der Waals surface area contributed by atoms with E-state index in [2.05, 4.69) is 17.3 Å². The van der Waals surface area contributed by atoms with E-state index in [1.807, 2.05) is 25.1 Å². The minimum absolute atomic E-state index is 0.0738. The third-order valence-electron chi connectivity index (χ3n) is 3.03. The van der Waals surface area contributed by atoms with Crippen LogP contribution in [0.15, 0.2) is 40.9 Å². The zero-order chi connectivity index (χ0) is 13.7. The van der Waals surface area contributed by atoms with Gasteiger partial charge in [0.15, 0.2) is 5.69 Å². The van der Waals surface area contributed by atoms with Crippen molar-refractivity contribution in [2.24, 2.45) is 0 Å². The predicted octanol–water partition coefficient (Wildman–Crippen LogP) is 2.69. The third-order valence-corrected chi connectivity index (χ3v) is 3.03. The van der Waals surface area contributed by atoms with Crippen molar-refractivity contribution in [2.75, 3.05) is 13.1 Å². The molecule has 0 saturated carbocycles. The van der Waals surface area contributed by atoms with Crippen LogP contribution in [0.3, 0.4) is 0 Å². The zero-order valence-corrected chi connectivity index (χ0v) is 11.3. The Kier molecular flexibility index (Phi) is 4.34. The highest BCUT2D eigenvalue weighted by atomic mass is 16.5. The average molecular weight is 258 g/mol. The molecular weight excluding hydrogens is 240 g/mol. The van der Waals surface area contributed by atoms with Crippen LogP contribution in [0, 0.1) is 6.92 Å². The molecule has 0 aliphatic rings. The molecule has 0 N–H and O–H groups in total. The highest BCUT2D eigenvalue weighted by molar-refractivity contribution is 5.92. The molecule has 4 nitrogen and oxygen atoms in total. The summed E-state index contributed by atoms with van der Waals surface area (Å²) in [5.41, 5.74) is 1.61. The third kappa shape index (κ3) is 3.44. The number of rotatable bonds is 5. The minimum atomic E-state index is -0.0738. The van der Waals surface area contributed by atoms with Gasteiger partial charge in [0.05, 0.1) is 0 Å². The van der Waals surface area contributed by atoms with E-state index < -0.39 is 0 Å². The van der Waals surface area contributed by atoms with Crippen molar-refractivity contribution in [3.63, 3.8) is 0 Å². The monoisotopic (exact) mass is 258 g/mol. The van der Waals surface area contributed by atoms with Crippen LogP contribution in [0.5, 0.6) is 0 Å². The molecule has 0 radical (unpaired) electrons. The Balaban J connectivity index is 1.98. The molecule has 100 valence electrons. The van der Waals surface area contributed by atoms with E-state index in [9.17, 15) is 4.79 Å². The Morgan fingerprint density at radius 3 is 2.63 bits per heavy atom. The lowest BCUT2D eigenvalue weighted by atomic mass is 10.1. The van der Waals surface area contributed by atoms with E-state index in [0.29, 0.717) is 24.5 Å². The molecule has 0 fully saturated rings. The van der Waals surface area contributed by atoms with Crippen molar-refractivity contribution in [3.05, 3.63) is 53.4 Å². The summed E-state index contributed by atoms with van der Waals surface area (Å²) in [7, 11) is 0. The van der Waals surface area contributed by atoms with E-state index in [0.717, 1.165) is 6.42 Å². The number of likely N-dealkylation sites (N-methyl/N-ethyl adjacent to an activating group) is 1. The SMILES string of the molecule is CCN(CCc1ccccc1)C(=O)c1cc(C)on1. The van der Waals surface area contributed by atoms with Crippen molar-refractivity contribution in [3.8, 4) is 0 Å². The van der Waals surface area contributed by atoms with Gasteiger partial charge in [-0.05, 0) is 25.8 Å². The van der Waals surface area contributed by atoms with Crippen LogP contribution in [0.25, 0.3) is 0 Å². The van der Waals surface area contributed by atoms with E-state index in [1.54, 1.807) is 17.9 Å². The summed E-state index contributed by atoms with van der Waals surface area (Å²) in [4.78, 5) is 14.0. The number of amides is 1. The van der Waals surface area contributed by atoms with E-state index >= 15 is 0 Å². The summed E-state index contributed by atoms with van der Waals surface area (Å²) >= 11 is 0. The van der Waals surface area contributed by atoms with Gasteiger partial charge < -0.3 is 9.42 Å². The molecule has 1 aromatic carbocycles. The summed E-state index contributed by atoms with van der Waals surface area (Å²) in [5, 5.41) is 3.77. The van der Waals surface area contributed by atoms with Gasteiger partial charge in [0.1, 0.15) is 5.76 Å². The first-order chi connectivity index (χ1) is 9.20.